The molecule has 3 nitrogen and oxygen atoms in total. The Morgan fingerprint density at radius 3 is 3.00 bits per heavy atom. The zero-order valence-corrected chi connectivity index (χ0v) is 14.4. The van der Waals surface area contributed by atoms with Crippen molar-refractivity contribution in [3.63, 3.8) is 0 Å². The Balaban J connectivity index is 2.23. The van der Waals surface area contributed by atoms with Crippen molar-refractivity contribution in [2.45, 2.75) is 31.7 Å². The van der Waals surface area contributed by atoms with E-state index in [9.17, 15) is 9.90 Å². The molecule has 0 spiro atoms. The van der Waals surface area contributed by atoms with Crippen LogP contribution in [0, 0.1) is 3.57 Å². The summed E-state index contributed by atoms with van der Waals surface area (Å²) in [5.41, 5.74) is 0.424. The standard InChI is InChI=1S/C14H17BrINO2/c15-7-6-11-3-1-2-8-17(11)14(19)12-9-10(16)4-5-13(12)18/h4-5,9,11,18H,1-3,6-8H2. The summed E-state index contributed by atoms with van der Waals surface area (Å²) in [6.45, 7) is 0.793. The summed E-state index contributed by atoms with van der Waals surface area (Å²) in [4.78, 5) is 14.5. The van der Waals surface area contributed by atoms with Crippen molar-refractivity contribution in [3.8, 4) is 5.75 Å². The van der Waals surface area contributed by atoms with Gasteiger partial charge in [0.15, 0.2) is 0 Å². The highest BCUT2D eigenvalue weighted by Crippen LogP contribution is 2.26. The van der Waals surface area contributed by atoms with Gasteiger partial charge in [0.05, 0.1) is 5.56 Å². The molecule has 1 heterocycles. The molecule has 1 amide bonds. The predicted octanol–water partition coefficient (Wildman–Crippen LogP) is 3.78. The van der Waals surface area contributed by atoms with E-state index < -0.39 is 0 Å². The number of likely N-dealkylation sites (tertiary alicyclic amines) is 1. The van der Waals surface area contributed by atoms with Gasteiger partial charge in [-0.15, -0.1) is 0 Å². The number of halogens is 2. The lowest BCUT2D eigenvalue weighted by atomic mass is 9.98. The van der Waals surface area contributed by atoms with Crippen LogP contribution in [0.5, 0.6) is 5.75 Å². The minimum Gasteiger partial charge on any atom is -0.507 e. The lowest BCUT2D eigenvalue weighted by Crippen LogP contribution is -2.44. The van der Waals surface area contributed by atoms with Gasteiger partial charge < -0.3 is 10.0 Å². The van der Waals surface area contributed by atoms with Gasteiger partial charge in [0, 0.05) is 21.5 Å². The minimum atomic E-state index is -0.0401. The Kier molecular flexibility index (Phi) is 5.50. The van der Waals surface area contributed by atoms with E-state index in [1.165, 1.54) is 6.42 Å². The van der Waals surface area contributed by atoms with Gasteiger partial charge in [-0.3, -0.25) is 4.79 Å². The zero-order chi connectivity index (χ0) is 13.8. The first-order valence-electron chi connectivity index (χ1n) is 6.49. The maximum absolute atomic E-state index is 12.6. The van der Waals surface area contributed by atoms with E-state index in [1.807, 2.05) is 4.90 Å². The second kappa shape index (κ2) is 6.92. The van der Waals surface area contributed by atoms with E-state index in [-0.39, 0.29) is 17.7 Å². The number of phenols is 1. The molecule has 1 aliphatic rings. The van der Waals surface area contributed by atoms with Crippen molar-refractivity contribution < 1.29 is 9.90 Å². The third-order valence-electron chi connectivity index (χ3n) is 3.52. The van der Waals surface area contributed by atoms with E-state index in [0.717, 1.165) is 34.7 Å². The Hall–Kier alpha value is -0.300. The van der Waals surface area contributed by atoms with Crippen LogP contribution in [0.15, 0.2) is 18.2 Å². The average Bonchev–Trinajstić information content (AvgIpc) is 2.42. The molecule has 1 aromatic rings. The highest BCUT2D eigenvalue weighted by atomic mass is 127. The molecule has 19 heavy (non-hydrogen) atoms. The van der Waals surface area contributed by atoms with Gasteiger partial charge in [0.25, 0.3) is 5.91 Å². The largest absolute Gasteiger partial charge is 0.507 e. The first kappa shape index (κ1) is 15.1. The molecular formula is C14H17BrINO2. The topological polar surface area (TPSA) is 40.5 Å². The number of hydrogen-bond acceptors (Lipinski definition) is 2. The molecule has 0 radical (unpaired) electrons. The summed E-state index contributed by atoms with van der Waals surface area (Å²) >= 11 is 5.61. The molecule has 1 unspecified atom stereocenters. The normalized spacial score (nSPS) is 19.5. The molecule has 0 aliphatic carbocycles. The van der Waals surface area contributed by atoms with Crippen LogP contribution < -0.4 is 0 Å². The lowest BCUT2D eigenvalue weighted by Gasteiger charge is -2.35. The molecule has 0 aromatic heterocycles. The maximum atomic E-state index is 12.6. The summed E-state index contributed by atoms with van der Waals surface area (Å²) in [6.07, 6.45) is 4.26. The molecule has 0 bridgehead atoms. The maximum Gasteiger partial charge on any atom is 0.257 e. The Morgan fingerprint density at radius 2 is 2.26 bits per heavy atom. The number of benzene rings is 1. The Labute approximate surface area is 135 Å². The summed E-state index contributed by atoms with van der Waals surface area (Å²) in [6, 6.07) is 5.45. The molecule has 104 valence electrons. The lowest BCUT2D eigenvalue weighted by molar-refractivity contribution is 0.0607. The number of aromatic hydroxyl groups is 1. The van der Waals surface area contributed by atoms with Crippen LogP contribution in [0.3, 0.4) is 0 Å². The Morgan fingerprint density at radius 1 is 1.47 bits per heavy atom. The van der Waals surface area contributed by atoms with Crippen LogP contribution in [0.25, 0.3) is 0 Å². The van der Waals surface area contributed by atoms with Crippen LogP contribution in [0.1, 0.15) is 36.0 Å². The molecule has 1 N–H and O–H groups in total. The summed E-state index contributed by atoms with van der Waals surface area (Å²) in [5, 5.41) is 10.8. The molecule has 5 heteroatoms. The van der Waals surface area contributed by atoms with Gasteiger partial charge in [0.1, 0.15) is 5.75 Å². The third kappa shape index (κ3) is 3.62. The fourth-order valence-corrected chi connectivity index (χ4v) is 3.55. The summed E-state index contributed by atoms with van der Waals surface area (Å²) in [5.74, 6) is 0.0373. The van der Waals surface area contributed by atoms with Crippen LogP contribution in [0.2, 0.25) is 0 Å². The predicted molar refractivity (Wildman–Crippen MR) is 87.9 cm³/mol. The van der Waals surface area contributed by atoms with Crippen LogP contribution in [-0.2, 0) is 0 Å². The first-order chi connectivity index (χ1) is 9.13. The number of amides is 1. The van der Waals surface area contributed by atoms with E-state index in [0.29, 0.717) is 5.56 Å². The number of carbonyl (C=O) groups excluding carboxylic acids is 1. The number of alkyl halides is 1. The van der Waals surface area contributed by atoms with Crippen LogP contribution >= 0.6 is 38.5 Å². The van der Waals surface area contributed by atoms with Crippen molar-refractivity contribution in [3.05, 3.63) is 27.3 Å². The number of phenolic OH excluding ortho intramolecular Hbond substituents is 1. The highest BCUT2D eigenvalue weighted by Gasteiger charge is 2.28. The van der Waals surface area contributed by atoms with Gasteiger partial charge in [-0.2, -0.15) is 0 Å². The van der Waals surface area contributed by atoms with Gasteiger partial charge >= 0.3 is 0 Å². The van der Waals surface area contributed by atoms with E-state index in [1.54, 1.807) is 18.2 Å². The van der Waals surface area contributed by atoms with Crippen molar-refractivity contribution in [2.75, 3.05) is 11.9 Å². The second-order valence-corrected chi connectivity index (χ2v) is 6.83. The minimum absolute atomic E-state index is 0.0401. The molecule has 1 aromatic carbocycles. The Bertz CT molecular complexity index is 465. The van der Waals surface area contributed by atoms with Gasteiger partial charge in [0.2, 0.25) is 0 Å². The molecule has 2 rings (SSSR count). The molecule has 0 saturated carbocycles. The fourth-order valence-electron chi connectivity index (χ4n) is 2.53. The number of rotatable bonds is 3. The first-order valence-corrected chi connectivity index (χ1v) is 8.69. The molecule has 1 fully saturated rings. The molecule has 1 saturated heterocycles. The zero-order valence-electron chi connectivity index (χ0n) is 10.6. The smallest absolute Gasteiger partial charge is 0.257 e. The van der Waals surface area contributed by atoms with Gasteiger partial charge in [-0.25, -0.2) is 0 Å². The highest BCUT2D eigenvalue weighted by molar-refractivity contribution is 14.1. The molecular weight excluding hydrogens is 421 g/mol. The molecule has 1 aliphatic heterocycles. The fraction of sp³-hybridized carbons (Fsp3) is 0.500. The SMILES string of the molecule is O=C(c1cc(I)ccc1O)N1CCCCC1CCBr. The third-order valence-corrected chi connectivity index (χ3v) is 4.65. The number of carbonyl (C=O) groups is 1. The van der Waals surface area contributed by atoms with Crippen molar-refractivity contribution in [1.29, 1.82) is 0 Å². The number of piperidine rings is 1. The summed E-state index contributed by atoms with van der Waals surface area (Å²) in [7, 11) is 0. The second-order valence-electron chi connectivity index (χ2n) is 4.79. The number of hydrogen-bond donors (Lipinski definition) is 1. The van der Waals surface area contributed by atoms with Gasteiger partial charge in [-0.1, -0.05) is 15.9 Å². The average molecular weight is 438 g/mol. The van der Waals surface area contributed by atoms with E-state index in [2.05, 4.69) is 38.5 Å². The van der Waals surface area contributed by atoms with Crippen LogP contribution in [-0.4, -0.2) is 33.8 Å². The monoisotopic (exact) mass is 437 g/mol. The van der Waals surface area contributed by atoms with Crippen molar-refractivity contribution in [2.24, 2.45) is 0 Å². The van der Waals surface area contributed by atoms with E-state index in [4.69, 9.17) is 0 Å². The van der Waals surface area contributed by atoms with Crippen molar-refractivity contribution >= 4 is 44.4 Å². The van der Waals surface area contributed by atoms with E-state index >= 15 is 0 Å². The van der Waals surface area contributed by atoms with Gasteiger partial charge in [-0.05, 0) is 66.5 Å². The summed E-state index contributed by atoms with van der Waals surface area (Å²) < 4.78 is 0.966. The number of nitrogens with zero attached hydrogens (tertiary/aromatic N) is 1. The van der Waals surface area contributed by atoms with Crippen LogP contribution in [0.4, 0.5) is 0 Å². The molecule has 1 atom stereocenters. The quantitative estimate of drug-likeness (QED) is 0.577. The van der Waals surface area contributed by atoms with Crippen molar-refractivity contribution in [1.82, 2.24) is 4.90 Å².